The van der Waals surface area contributed by atoms with Gasteiger partial charge in [0.25, 0.3) is 0 Å². The van der Waals surface area contributed by atoms with Crippen LogP contribution in [0.3, 0.4) is 0 Å². The zero-order valence-electron chi connectivity index (χ0n) is 9.35. The summed E-state index contributed by atoms with van der Waals surface area (Å²) in [6.45, 7) is 0.00119. The number of hydrogen-bond donors (Lipinski definition) is 1. The predicted molar refractivity (Wildman–Crippen MR) is 59.1 cm³/mol. The summed E-state index contributed by atoms with van der Waals surface area (Å²) in [5.74, 6) is -0.973. The molecule has 1 aromatic rings. The highest BCUT2D eigenvalue weighted by Gasteiger charge is 2.34. The summed E-state index contributed by atoms with van der Waals surface area (Å²) in [4.78, 5) is 23.1. The second kappa shape index (κ2) is 3.49. The Hall–Kier alpha value is -2.50. The standard InChI is InChI=1S/C12H8O6/c1-16-12-9-5(2-8-11(12)18-4-17-8)10(15)7(14)3-6(9)13/h2-3,13H,4H2,1H3. The molecule has 0 unspecified atom stereocenters. The second-order valence-electron chi connectivity index (χ2n) is 3.79. The van der Waals surface area contributed by atoms with Crippen molar-refractivity contribution in [2.75, 3.05) is 13.9 Å². The fourth-order valence-electron chi connectivity index (χ4n) is 2.04. The summed E-state index contributed by atoms with van der Waals surface area (Å²) in [6, 6.07) is 1.38. The quantitative estimate of drug-likeness (QED) is 0.749. The minimum Gasteiger partial charge on any atom is -0.507 e. The van der Waals surface area contributed by atoms with Crippen LogP contribution in [0.2, 0.25) is 0 Å². The van der Waals surface area contributed by atoms with Crippen molar-refractivity contribution in [2.24, 2.45) is 0 Å². The Labute approximate surface area is 101 Å². The van der Waals surface area contributed by atoms with Crippen molar-refractivity contribution in [3.8, 4) is 17.2 Å². The van der Waals surface area contributed by atoms with Crippen molar-refractivity contribution >= 4 is 17.3 Å². The molecule has 18 heavy (non-hydrogen) atoms. The molecule has 0 saturated heterocycles. The molecule has 92 valence electrons. The third-order valence-electron chi connectivity index (χ3n) is 2.82. The summed E-state index contributed by atoms with van der Waals surface area (Å²) in [5, 5.41) is 9.80. The molecule has 2 aliphatic rings. The summed E-state index contributed by atoms with van der Waals surface area (Å²) < 4.78 is 15.5. The number of aliphatic hydroxyl groups excluding tert-OH is 1. The number of fused-ring (bicyclic) bond motifs is 2. The van der Waals surface area contributed by atoms with Gasteiger partial charge in [0.05, 0.1) is 12.7 Å². The minimum atomic E-state index is -0.777. The number of rotatable bonds is 1. The Morgan fingerprint density at radius 1 is 1.33 bits per heavy atom. The summed E-state index contributed by atoms with van der Waals surface area (Å²) >= 11 is 0. The van der Waals surface area contributed by atoms with Gasteiger partial charge < -0.3 is 19.3 Å². The van der Waals surface area contributed by atoms with Gasteiger partial charge in [0.2, 0.25) is 24.1 Å². The number of carbonyl (C=O) groups is 2. The largest absolute Gasteiger partial charge is 0.507 e. The third kappa shape index (κ3) is 1.22. The number of methoxy groups -OCH3 is 1. The van der Waals surface area contributed by atoms with Crippen LogP contribution in [0.25, 0.3) is 5.76 Å². The number of hydrogen-bond acceptors (Lipinski definition) is 6. The molecule has 0 saturated carbocycles. The molecule has 6 heteroatoms. The molecule has 1 aromatic carbocycles. The highest BCUT2D eigenvalue weighted by Crippen LogP contribution is 2.47. The predicted octanol–water partition coefficient (Wildman–Crippen LogP) is 1.09. The number of Topliss-reactive ketones (excluding diaryl/α,β-unsaturated/α-hetero) is 1. The Morgan fingerprint density at radius 2 is 2.11 bits per heavy atom. The van der Waals surface area contributed by atoms with E-state index in [-0.39, 0.29) is 29.4 Å². The first-order valence-corrected chi connectivity index (χ1v) is 5.13. The van der Waals surface area contributed by atoms with E-state index in [9.17, 15) is 14.7 Å². The van der Waals surface area contributed by atoms with Crippen LogP contribution >= 0.6 is 0 Å². The second-order valence-corrected chi connectivity index (χ2v) is 3.79. The molecule has 3 rings (SSSR count). The molecule has 1 aliphatic carbocycles. The van der Waals surface area contributed by atoms with Gasteiger partial charge in [-0.25, -0.2) is 0 Å². The van der Waals surface area contributed by atoms with Crippen LogP contribution in [0.4, 0.5) is 0 Å². The molecule has 0 spiro atoms. The Balaban J connectivity index is 2.36. The van der Waals surface area contributed by atoms with Gasteiger partial charge in [-0.15, -0.1) is 0 Å². The van der Waals surface area contributed by atoms with Crippen LogP contribution < -0.4 is 14.2 Å². The normalized spacial score (nSPS) is 16.4. The van der Waals surface area contributed by atoms with E-state index in [1.165, 1.54) is 13.2 Å². The summed E-state index contributed by atoms with van der Waals surface area (Å²) in [5.41, 5.74) is 0.215. The Bertz CT molecular complexity index is 613. The maximum Gasteiger partial charge on any atom is 0.234 e. The molecular weight excluding hydrogens is 240 g/mol. The number of ether oxygens (including phenoxy) is 3. The molecule has 0 fully saturated rings. The van der Waals surface area contributed by atoms with E-state index >= 15 is 0 Å². The molecule has 0 radical (unpaired) electrons. The number of allylic oxidation sites excluding steroid dienone is 1. The topological polar surface area (TPSA) is 82.1 Å². The maximum absolute atomic E-state index is 11.8. The van der Waals surface area contributed by atoms with Crippen molar-refractivity contribution in [1.29, 1.82) is 0 Å². The van der Waals surface area contributed by atoms with Gasteiger partial charge in [-0.05, 0) is 6.07 Å². The van der Waals surface area contributed by atoms with Crippen molar-refractivity contribution < 1.29 is 28.9 Å². The van der Waals surface area contributed by atoms with Gasteiger partial charge in [-0.1, -0.05) is 0 Å². The number of benzene rings is 1. The van der Waals surface area contributed by atoms with Gasteiger partial charge in [-0.3, -0.25) is 9.59 Å². The summed E-state index contributed by atoms with van der Waals surface area (Å²) in [7, 11) is 1.38. The lowest BCUT2D eigenvalue weighted by Gasteiger charge is -2.16. The molecular formula is C12H8O6. The van der Waals surface area contributed by atoms with Gasteiger partial charge in [0.1, 0.15) is 5.76 Å². The van der Waals surface area contributed by atoms with Gasteiger partial charge in [0, 0.05) is 11.6 Å². The lowest BCUT2D eigenvalue weighted by atomic mass is 9.92. The van der Waals surface area contributed by atoms with Crippen molar-refractivity contribution in [1.82, 2.24) is 0 Å². The molecule has 1 aliphatic heterocycles. The number of aliphatic hydroxyl groups is 1. The molecule has 1 heterocycles. The first-order chi connectivity index (χ1) is 8.63. The average molecular weight is 248 g/mol. The fraction of sp³-hybridized carbons (Fsp3) is 0.167. The Kier molecular flexibility index (Phi) is 2.07. The molecule has 0 atom stereocenters. The highest BCUT2D eigenvalue weighted by molar-refractivity contribution is 6.50. The maximum atomic E-state index is 11.8. The first-order valence-electron chi connectivity index (χ1n) is 5.13. The Morgan fingerprint density at radius 3 is 2.83 bits per heavy atom. The third-order valence-corrected chi connectivity index (χ3v) is 2.82. The number of carbonyl (C=O) groups excluding carboxylic acids is 2. The van der Waals surface area contributed by atoms with Gasteiger partial charge in [-0.2, -0.15) is 0 Å². The minimum absolute atomic E-state index is 0.00119. The van der Waals surface area contributed by atoms with E-state index in [4.69, 9.17) is 14.2 Å². The fourth-order valence-corrected chi connectivity index (χ4v) is 2.04. The van der Waals surface area contributed by atoms with Crippen LogP contribution in [0, 0.1) is 0 Å². The monoisotopic (exact) mass is 248 g/mol. The van der Waals surface area contributed by atoms with Crippen LogP contribution in [-0.2, 0) is 4.79 Å². The molecule has 0 amide bonds. The van der Waals surface area contributed by atoms with Crippen LogP contribution in [0.5, 0.6) is 17.2 Å². The van der Waals surface area contributed by atoms with E-state index < -0.39 is 11.6 Å². The van der Waals surface area contributed by atoms with E-state index in [1.807, 2.05) is 0 Å². The first kappa shape index (κ1) is 10.6. The van der Waals surface area contributed by atoms with Crippen LogP contribution in [-0.4, -0.2) is 30.6 Å². The van der Waals surface area contributed by atoms with Crippen molar-refractivity contribution in [3.05, 3.63) is 23.3 Å². The van der Waals surface area contributed by atoms with E-state index in [0.29, 0.717) is 11.5 Å². The van der Waals surface area contributed by atoms with Crippen LogP contribution in [0.1, 0.15) is 15.9 Å². The zero-order valence-corrected chi connectivity index (χ0v) is 9.35. The van der Waals surface area contributed by atoms with E-state index in [2.05, 4.69) is 0 Å². The smallest absolute Gasteiger partial charge is 0.234 e. The van der Waals surface area contributed by atoms with Gasteiger partial charge in [0.15, 0.2) is 11.5 Å². The SMILES string of the molecule is COc1c2c(cc3c1C(O)=CC(=O)C3=O)OCO2. The molecule has 0 bridgehead atoms. The number of ketones is 2. The van der Waals surface area contributed by atoms with E-state index in [1.54, 1.807) is 0 Å². The van der Waals surface area contributed by atoms with Crippen LogP contribution in [0.15, 0.2) is 12.1 Å². The lowest BCUT2D eigenvalue weighted by molar-refractivity contribution is -0.111. The van der Waals surface area contributed by atoms with Crippen molar-refractivity contribution in [2.45, 2.75) is 0 Å². The van der Waals surface area contributed by atoms with E-state index in [0.717, 1.165) is 6.08 Å². The average Bonchev–Trinajstić information content (AvgIpc) is 2.81. The van der Waals surface area contributed by atoms with Gasteiger partial charge >= 0.3 is 0 Å². The molecule has 1 N–H and O–H groups in total. The summed E-state index contributed by atoms with van der Waals surface area (Å²) in [6.07, 6.45) is 0.870. The van der Waals surface area contributed by atoms with Crippen molar-refractivity contribution in [3.63, 3.8) is 0 Å². The lowest BCUT2D eigenvalue weighted by Crippen LogP contribution is -2.19. The highest BCUT2D eigenvalue weighted by atomic mass is 16.7. The molecule has 0 aromatic heterocycles. The molecule has 6 nitrogen and oxygen atoms in total. The zero-order chi connectivity index (χ0) is 12.9.